The molecule has 0 N–H and O–H groups in total. The fourth-order valence-corrected chi connectivity index (χ4v) is 2.25. The van der Waals surface area contributed by atoms with E-state index in [0.29, 0.717) is 6.54 Å². The number of rotatable bonds is 6. The second-order valence-corrected chi connectivity index (χ2v) is 5.73. The van der Waals surface area contributed by atoms with E-state index >= 15 is 0 Å². The highest BCUT2D eigenvalue weighted by Crippen LogP contribution is 2.10. The first kappa shape index (κ1) is 15.4. The molecule has 1 heterocycles. The zero-order valence-electron chi connectivity index (χ0n) is 12.3. The molecule has 1 aliphatic heterocycles. The summed E-state index contributed by atoms with van der Waals surface area (Å²) in [5, 5.41) is 0. The van der Waals surface area contributed by atoms with Crippen molar-refractivity contribution in [3.8, 4) is 0 Å². The largest absolute Gasteiger partial charge is 0.374 e. The number of likely N-dealkylation sites (N-methyl/N-ethyl adjacent to an activating group) is 1. The molecule has 0 unspecified atom stereocenters. The topological polar surface area (TPSA) is 32.8 Å². The van der Waals surface area contributed by atoms with Gasteiger partial charge in [0.25, 0.3) is 0 Å². The van der Waals surface area contributed by atoms with Gasteiger partial charge in [0.2, 0.25) is 5.91 Å². The Kier molecular flexibility index (Phi) is 6.65. The first-order valence-corrected chi connectivity index (χ1v) is 7.04. The Morgan fingerprint density at radius 3 is 2.83 bits per heavy atom. The molecule has 0 aromatic heterocycles. The zero-order chi connectivity index (χ0) is 13.5. The van der Waals surface area contributed by atoms with Crippen LogP contribution < -0.4 is 0 Å². The Morgan fingerprint density at radius 2 is 2.22 bits per heavy atom. The molecule has 1 amide bonds. The lowest BCUT2D eigenvalue weighted by atomic mass is 10.1. The van der Waals surface area contributed by atoms with Gasteiger partial charge in [-0.15, -0.1) is 0 Å². The Bertz CT molecular complexity index is 256. The smallest absolute Gasteiger partial charge is 0.219 e. The average Bonchev–Trinajstić information content (AvgIpc) is 2.28. The highest BCUT2D eigenvalue weighted by atomic mass is 16.5. The van der Waals surface area contributed by atoms with Gasteiger partial charge in [0.05, 0.1) is 12.7 Å². The number of nitrogens with zero attached hydrogens (tertiary/aromatic N) is 2. The van der Waals surface area contributed by atoms with E-state index in [1.165, 1.54) is 12.8 Å². The maximum absolute atomic E-state index is 11.2. The minimum atomic E-state index is 0.107. The molecule has 1 saturated heterocycles. The number of hydrogen-bond donors (Lipinski definition) is 0. The molecule has 0 spiro atoms. The normalized spacial score (nSPS) is 21.3. The van der Waals surface area contributed by atoms with Gasteiger partial charge in [-0.25, -0.2) is 0 Å². The van der Waals surface area contributed by atoms with Gasteiger partial charge in [-0.1, -0.05) is 13.8 Å². The van der Waals surface area contributed by atoms with Crippen LogP contribution in [0.2, 0.25) is 0 Å². The molecule has 0 radical (unpaired) electrons. The van der Waals surface area contributed by atoms with Crippen molar-refractivity contribution in [3.63, 3.8) is 0 Å². The van der Waals surface area contributed by atoms with E-state index in [2.05, 4.69) is 18.7 Å². The molecule has 106 valence electrons. The van der Waals surface area contributed by atoms with Crippen LogP contribution in [0, 0.1) is 5.92 Å². The van der Waals surface area contributed by atoms with Crippen LogP contribution in [-0.2, 0) is 9.53 Å². The number of hydrogen-bond acceptors (Lipinski definition) is 3. The lowest BCUT2D eigenvalue weighted by Crippen LogP contribution is -2.47. The van der Waals surface area contributed by atoms with Crippen molar-refractivity contribution in [1.82, 2.24) is 9.80 Å². The third kappa shape index (κ3) is 5.83. The summed E-state index contributed by atoms with van der Waals surface area (Å²) in [4.78, 5) is 15.4. The van der Waals surface area contributed by atoms with E-state index in [9.17, 15) is 4.79 Å². The standard InChI is InChI=1S/C14H28N2O2/c1-12(2)6-5-7-16-8-9-18-14(11-16)10-15(4)13(3)17/h12,14H,5-11H2,1-4H3/t14-/m1/s1. The maximum atomic E-state index is 11.2. The van der Waals surface area contributed by atoms with E-state index in [1.807, 2.05) is 7.05 Å². The van der Waals surface area contributed by atoms with E-state index in [1.54, 1.807) is 11.8 Å². The van der Waals surface area contributed by atoms with Gasteiger partial charge in [0, 0.05) is 33.6 Å². The Morgan fingerprint density at radius 1 is 1.50 bits per heavy atom. The molecule has 0 saturated carbocycles. The van der Waals surface area contributed by atoms with Crippen molar-refractivity contribution < 1.29 is 9.53 Å². The van der Waals surface area contributed by atoms with Crippen molar-refractivity contribution in [2.75, 3.05) is 39.8 Å². The van der Waals surface area contributed by atoms with E-state index in [4.69, 9.17) is 4.74 Å². The number of carbonyl (C=O) groups is 1. The molecule has 1 atom stereocenters. The van der Waals surface area contributed by atoms with Crippen LogP contribution in [0.3, 0.4) is 0 Å². The minimum absolute atomic E-state index is 0.107. The highest BCUT2D eigenvalue weighted by molar-refractivity contribution is 5.72. The molecule has 0 aromatic carbocycles. The summed E-state index contributed by atoms with van der Waals surface area (Å²) in [5.74, 6) is 0.890. The molecule has 0 aromatic rings. The van der Waals surface area contributed by atoms with Crippen molar-refractivity contribution in [2.24, 2.45) is 5.92 Å². The van der Waals surface area contributed by atoms with E-state index in [-0.39, 0.29) is 12.0 Å². The predicted molar refractivity (Wildman–Crippen MR) is 73.6 cm³/mol. The highest BCUT2D eigenvalue weighted by Gasteiger charge is 2.22. The molecule has 4 heteroatoms. The average molecular weight is 256 g/mol. The summed E-state index contributed by atoms with van der Waals surface area (Å²) < 4.78 is 5.72. The van der Waals surface area contributed by atoms with Gasteiger partial charge in [-0.05, 0) is 25.3 Å². The van der Waals surface area contributed by atoms with Gasteiger partial charge in [0.1, 0.15) is 0 Å². The van der Waals surface area contributed by atoms with Gasteiger partial charge < -0.3 is 9.64 Å². The second-order valence-electron chi connectivity index (χ2n) is 5.73. The lowest BCUT2D eigenvalue weighted by Gasteiger charge is -2.34. The number of carbonyl (C=O) groups excluding carboxylic acids is 1. The molecule has 18 heavy (non-hydrogen) atoms. The minimum Gasteiger partial charge on any atom is -0.374 e. The van der Waals surface area contributed by atoms with E-state index in [0.717, 1.165) is 32.2 Å². The molecule has 1 fully saturated rings. The van der Waals surface area contributed by atoms with Gasteiger partial charge in [0.15, 0.2) is 0 Å². The SMILES string of the molecule is CC(=O)N(C)C[C@@H]1CN(CCCC(C)C)CCO1. The molecule has 1 rings (SSSR count). The quantitative estimate of drug-likeness (QED) is 0.723. The summed E-state index contributed by atoms with van der Waals surface area (Å²) in [6.45, 7) is 10.8. The first-order chi connectivity index (χ1) is 8.49. The van der Waals surface area contributed by atoms with Crippen LogP contribution in [-0.4, -0.2) is 61.6 Å². The molecule has 1 aliphatic rings. The molecule has 0 bridgehead atoms. The fourth-order valence-electron chi connectivity index (χ4n) is 2.25. The summed E-state index contributed by atoms with van der Waals surface area (Å²) in [6.07, 6.45) is 2.72. The van der Waals surface area contributed by atoms with Gasteiger partial charge >= 0.3 is 0 Å². The number of ether oxygens (including phenoxy) is 1. The monoisotopic (exact) mass is 256 g/mol. The second kappa shape index (κ2) is 7.74. The first-order valence-electron chi connectivity index (χ1n) is 7.04. The van der Waals surface area contributed by atoms with Crippen LogP contribution in [0.1, 0.15) is 33.6 Å². The fraction of sp³-hybridized carbons (Fsp3) is 0.929. The number of morpholine rings is 1. The van der Waals surface area contributed by atoms with Crippen molar-refractivity contribution in [3.05, 3.63) is 0 Å². The number of amides is 1. The summed E-state index contributed by atoms with van der Waals surface area (Å²) in [7, 11) is 1.84. The Labute approximate surface area is 111 Å². The van der Waals surface area contributed by atoms with Crippen LogP contribution in [0.15, 0.2) is 0 Å². The Hall–Kier alpha value is -0.610. The summed E-state index contributed by atoms with van der Waals surface area (Å²) in [5.41, 5.74) is 0. The van der Waals surface area contributed by atoms with Crippen molar-refractivity contribution >= 4 is 5.91 Å². The summed E-state index contributed by atoms with van der Waals surface area (Å²) >= 11 is 0. The lowest BCUT2D eigenvalue weighted by molar-refractivity contribution is -0.130. The summed E-state index contributed by atoms with van der Waals surface area (Å²) in [6, 6.07) is 0. The van der Waals surface area contributed by atoms with Crippen LogP contribution in [0.4, 0.5) is 0 Å². The molecular weight excluding hydrogens is 228 g/mol. The third-order valence-corrected chi connectivity index (χ3v) is 3.49. The van der Waals surface area contributed by atoms with Crippen LogP contribution in [0.25, 0.3) is 0 Å². The van der Waals surface area contributed by atoms with Crippen molar-refractivity contribution in [2.45, 2.75) is 39.7 Å². The van der Waals surface area contributed by atoms with Crippen molar-refractivity contribution in [1.29, 1.82) is 0 Å². The zero-order valence-corrected chi connectivity index (χ0v) is 12.3. The molecule has 0 aliphatic carbocycles. The van der Waals surface area contributed by atoms with Gasteiger partial charge in [-0.2, -0.15) is 0 Å². The third-order valence-electron chi connectivity index (χ3n) is 3.49. The molecule has 4 nitrogen and oxygen atoms in total. The maximum Gasteiger partial charge on any atom is 0.219 e. The molecular formula is C14H28N2O2. The van der Waals surface area contributed by atoms with Crippen LogP contribution in [0.5, 0.6) is 0 Å². The Balaban J connectivity index is 2.25. The predicted octanol–water partition coefficient (Wildman–Crippen LogP) is 1.60. The van der Waals surface area contributed by atoms with Gasteiger partial charge in [-0.3, -0.25) is 9.69 Å². The van der Waals surface area contributed by atoms with E-state index < -0.39 is 0 Å². The van der Waals surface area contributed by atoms with Crippen LogP contribution >= 0.6 is 0 Å².